The second-order valence-corrected chi connectivity index (χ2v) is 8.94. The Kier molecular flexibility index (Phi) is 5.73. The van der Waals surface area contributed by atoms with Gasteiger partial charge in [0.1, 0.15) is 28.3 Å². The van der Waals surface area contributed by atoms with E-state index >= 15 is 0 Å². The zero-order chi connectivity index (χ0) is 23.2. The number of ether oxygens (including phenoxy) is 1. The molecule has 3 heterocycles. The molecule has 4 aromatic rings. The number of rotatable bonds is 5. The van der Waals surface area contributed by atoms with Gasteiger partial charge in [0.15, 0.2) is 0 Å². The smallest absolute Gasteiger partial charge is 0.217 e. The second-order valence-electron chi connectivity index (χ2n) is 8.01. The van der Waals surface area contributed by atoms with Crippen molar-refractivity contribution in [3.63, 3.8) is 0 Å². The van der Waals surface area contributed by atoms with E-state index in [1.165, 1.54) is 18.3 Å². The number of carbonyl (C=O) groups is 1. The highest BCUT2D eigenvalue weighted by molar-refractivity contribution is 7.09. The van der Waals surface area contributed by atoms with Gasteiger partial charge in [0.05, 0.1) is 18.5 Å². The van der Waals surface area contributed by atoms with Gasteiger partial charge >= 0.3 is 0 Å². The average molecular weight is 450 g/mol. The molecule has 0 radical (unpaired) electrons. The average Bonchev–Trinajstić information content (AvgIpc) is 3.34. The van der Waals surface area contributed by atoms with Gasteiger partial charge in [0.2, 0.25) is 5.91 Å². The summed E-state index contributed by atoms with van der Waals surface area (Å²) >= 11 is 1.50. The lowest BCUT2D eigenvalue weighted by Gasteiger charge is -2.18. The highest BCUT2D eigenvalue weighted by Gasteiger charge is 2.27. The van der Waals surface area contributed by atoms with Crippen molar-refractivity contribution < 1.29 is 9.53 Å². The van der Waals surface area contributed by atoms with Crippen molar-refractivity contribution in [3.05, 3.63) is 62.6 Å². The van der Waals surface area contributed by atoms with Crippen LogP contribution in [0.25, 0.3) is 16.7 Å². The summed E-state index contributed by atoms with van der Waals surface area (Å²) in [5.74, 6) is 1.34. The SMILES string of the molecule is COc1cc(C)c(-n2c(C)c(C)c3c(C(NC(C)=O)c4nccs4)nc(C)nc32)c(C)c1. The van der Waals surface area contributed by atoms with Crippen LogP contribution in [-0.2, 0) is 4.79 Å². The fourth-order valence-electron chi connectivity index (χ4n) is 4.30. The number of nitrogens with zero attached hydrogens (tertiary/aromatic N) is 4. The van der Waals surface area contributed by atoms with E-state index in [0.717, 1.165) is 55.6 Å². The molecular weight excluding hydrogens is 422 g/mol. The van der Waals surface area contributed by atoms with Crippen LogP contribution < -0.4 is 10.1 Å². The molecule has 166 valence electrons. The van der Waals surface area contributed by atoms with E-state index in [0.29, 0.717) is 5.82 Å². The molecule has 0 spiro atoms. The van der Waals surface area contributed by atoms with Crippen LogP contribution in [0.2, 0.25) is 0 Å². The summed E-state index contributed by atoms with van der Waals surface area (Å²) < 4.78 is 7.65. The van der Waals surface area contributed by atoms with Crippen LogP contribution in [0.4, 0.5) is 0 Å². The maximum absolute atomic E-state index is 12.1. The fraction of sp³-hybridized carbons (Fsp3) is 0.333. The molecule has 0 fully saturated rings. The van der Waals surface area contributed by atoms with Crippen molar-refractivity contribution in [3.8, 4) is 11.4 Å². The molecule has 8 heteroatoms. The highest BCUT2D eigenvalue weighted by atomic mass is 32.1. The zero-order valence-electron chi connectivity index (χ0n) is 19.4. The molecule has 0 aliphatic rings. The Hall–Kier alpha value is -3.26. The zero-order valence-corrected chi connectivity index (χ0v) is 20.2. The first-order chi connectivity index (χ1) is 15.2. The molecule has 0 aliphatic carbocycles. The van der Waals surface area contributed by atoms with Crippen LogP contribution in [0.15, 0.2) is 23.7 Å². The van der Waals surface area contributed by atoms with Crippen LogP contribution in [0, 0.1) is 34.6 Å². The van der Waals surface area contributed by atoms with Crippen LogP contribution in [0.5, 0.6) is 5.75 Å². The predicted molar refractivity (Wildman–Crippen MR) is 127 cm³/mol. The molecule has 3 aromatic heterocycles. The summed E-state index contributed by atoms with van der Waals surface area (Å²) in [5.41, 5.74) is 7.02. The Balaban J connectivity index is 2.06. The lowest BCUT2D eigenvalue weighted by molar-refractivity contribution is -0.119. The van der Waals surface area contributed by atoms with E-state index in [2.05, 4.69) is 42.6 Å². The standard InChI is InChI=1S/C24H27N5O2S/c1-12-10-18(31-7)11-13(2)22(12)29-15(4)14(3)19-20(26-16(5)27-23(19)29)21(28-17(6)30)24-25-8-9-32-24/h8-11,21H,1-7H3,(H,28,30). The van der Waals surface area contributed by atoms with Gasteiger partial charge in [-0.1, -0.05) is 0 Å². The number of aryl methyl sites for hydroxylation is 4. The first-order valence-corrected chi connectivity index (χ1v) is 11.3. The number of fused-ring (bicyclic) bond motifs is 1. The third-order valence-corrected chi connectivity index (χ3v) is 6.58. The van der Waals surface area contributed by atoms with Gasteiger partial charge in [-0.15, -0.1) is 11.3 Å². The normalized spacial score (nSPS) is 12.2. The van der Waals surface area contributed by atoms with Crippen molar-refractivity contribution >= 4 is 28.3 Å². The molecule has 0 bridgehead atoms. The van der Waals surface area contributed by atoms with Gasteiger partial charge in [-0.25, -0.2) is 15.0 Å². The number of thiazole rings is 1. The monoisotopic (exact) mass is 449 g/mol. The predicted octanol–water partition coefficient (Wildman–Crippen LogP) is 4.65. The first kappa shape index (κ1) is 22.0. The van der Waals surface area contributed by atoms with Crippen LogP contribution in [0.1, 0.15) is 51.9 Å². The third kappa shape index (κ3) is 3.64. The van der Waals surface area contributed by atoms with E-state index in [1.807, 2.05) is 24.4 Å². The van der Waals surface area contributed by atoms with Crippen molar-refractivity contribution in [2.24, 2.45) is 0 Å². The summed E-state index contributed by atoms with van der Waals surface area (Å²) in [6.07, 6.45) is 1.74. The van der Waals surface area contributed by atoms with E-state index in [1.54, 1.807) is 13.3 Å². The Labute approximate surface area is 191 Å². The number of benzene rings is 1. The first-order valence-electron chi connectivity index (χ1n) is 10.4. The van der Waals surface area contributed by atoms with Gasteiger partial charge in [-0.2, -0.15) is 0 Å². The van der Waals surface area contributed by atoms with Crippen LogP contribution >= 0.6 is 11.3 Å². The van der Waals surface area contributed by atoms with Gasteiger partial charge in [-0.3, -0.25) is 9.36 Å². The molecule has 1 atom stereocenters. The molecule has 0 aliphatic heterocycles. The minimum absolute atomic E-state index is 0.134. The summed E-state index contributed by atoms with van der Waals surface area (Å²) in [5, 5.41) is 6.68. The molecule has 1 aromatic carbocycles. The lowest BCUT2D eigenvalue weighted by atomic mass is 10.1. The quantitative estimate of drug-likeness (QED) is 0.479. The van der Waals surface area contributed by atoms with Crippen molar-refractivity contribution in [1.29, 1.82) is 0 Å². The highest BCUT2D eigenvalue weighted by Crippen LogP contribution is 2.37. The molecule has 0 saturated heterocycles. The second kappa shape index (κ2) is 8.35. The largest absolute Gasteiger partial charge is 0.497 e. The van der Waals surface area contributed by atoms with Crippen LogP contribution in [-0.4, -0.2) is 32.5 Å². The molecule has 1 unspecified atom stereocenters. The Morgan fingerprint density at radius 3 is 2.38 bits per heavy atom. The summed E-state index contributed by atoms with van der Waals surface area (Å²) in [7, 11) is 1.68. The molecular formula is C24H27N5O2S. The summed E-state index contributed by atoms with van der Waals surface area (Å²) in [6, 6.07) is 3.63. The minimum Gasteiger partial charge on any atom is -0.497 e. The molecule has 4 rings (SSSR count). The van der Waals surface area contributed by atoms with Crippen molar-refractivity contribution in [2.75, 3.05) is 7.11 Å². The van der Waals surface area contributed by atoms with Crippen molar-refractivity contribution in [2.45, 2.75) is 47.6 Å². The van der Waals surface area contributed by atoms with Gasteiger partial charge in [0, 0.05) is 29.6 Å². The van der Waals surface area contributed by atoms with Crippen molar-refractivity contribution in [1.82, 2.24) is 24.8 Å². The Bertz CT molecular complexity index is 1300. The van der Waals surface area contributed by atoms with E-state index in [-0.39, 0.29) is 5.91 Å². The van der Waals surface area contributed by atoms with Crippen LogP contribution in [0.3, 0.4) is 0 Å². The number of hydrogen-bond acceptors (Lipinski definition) is 6. The molecule has 0 saturated carbocycles. The van der Waals surface area contributed by atoms with E-state index < -0.39 is 6.04 Å². The maximum Gasteiger partial charge on any atom is 0.217 e. The number of carbonyl (C=O) groups excluding carboxylic acids is 1. The Morgan fingerprint density at radius 1 is 1.12 bits per heavy atom. The topological polar surface area (TPSA) is 81.9 Å². The van der Waals surface area contributed by atoms with Gasteiger partial charge in [0.25, 0.3) is 0 Å². The van der Waals surface area contributed by atoms with Gasteiger partial charge in [-0.05, 0) is 63.4 Å². The fourth-order valence-corrected chi connectivity index (χ4v) is 4.99. The van der Waals surface area contributed by atoms with E-state index in [4.69, 9.17) is 14.7 Å². The Morgan fingerprint density at radius 2 is 1.81 bits per heavy atom. The summed E-state index contributed by atoms with van der Waals surface area (Å²) in [4.78, 5) is 26.2. The lowest BCUT2D eigenvalue weighted by Crippen LogP contribution is -2.28. The van der Waals surface area contributed by atoms with E-state index in [9.17, 15) is 4.79 Å². The molecule has 7 nitrogen and oxygen atoms in total. The number of amides is 1. The summed E-state index contributed by atoms with van der Waals surface area (Å²) in [6.45, 7) is 11.7. The molecule has 1 amide bonds. The molecule has 32 heavy (non-hydrogen) atoms. The van der Waals surface area contributed by atoms with Gasteiger partial charge < -0.3 is 10.1 Å². The number of nitrogens with one attached hydrogen (secondary N) is 1. The number of hydrogen-bond donors (Lipinski definition) is 1. The molecule has 1 N–H and O–H groups in total. The number of aromatic nitrogens is 4. The third-order valence-electron chi connectivity index (χ3n) is 5.74. The number of methoxy groups -OCH3 is 1. The maximum atomic E-state index is 12.1. The minimum atomic E-state index is -0.441.